The van der Waals surface area contributed by atoms with Crippen LogP contribution in [0.15, 0.2) is 36.7 Å². The summed E-state index contributed by atoms with van der Waals surface area (Å²) in [6.45, 7) is 1.99. The van der Waals surface area contributed by atoms with Gasteiger partial charge in [-0.25, -0.2) is 4.68 Å². The number of hydrogen-bond acceptors (Lipinski definition) is 4. The molecule has 1 atom stereocenters. The maximum Gasteiger partial charge on any atom is 0.158 e. The third-order valence-electron chi connectivity index (χ3n) is 3.70. The molecule has 5 heteroatoms. The number of para-hydroxylation sites is 2. The number of nitrogens with one attached hydrogen (secondary N) is 1. The molecule has 1 aliphatic heterocycles. The molecule has 0 saturated carbocycles. The Morgan fingerprint density at radius 2 is 2.19 bits per heavy atom. The molecule has 21 heavy (non-hydrogen) atoms. The Labute approximate surface area is 124 Å². The molecule has 112 valence electrons. The van der Waals surface area contributed by atoms with Crippen molar-refractivity contribution in [1.29, 1.82) is 0 Å². The summed E-state index contributed by atoms with van der Waals surface area (Å²) in [5.41, 5.74) is 0.911. The van der Waals surface area contributed by atoms with Crippen molar-refractivity contribution in [1.82, 2.24) is 15.1 Å². The van der Waals surface area contributed by atoms with E-state index in [1.165, 1.54) is 12.8 Å². The first-order chi connectivity index (χ1) is 10.4. The van der Waals surface area contributed by atoms with Crippen molar-refractivity contribution in [2.45, 2.75) is 25.4 Å². The van der Waals surface area contributed by atoms with Crippen molar-refractivity contribution in [2.24, 2.45) is 0 Å². The van der Waals surface area contributed by atoms with Crippen LogP contribution in [-0.2, 0) is 0 Å². The number of nitrogens with zero attached hydrogens (tertiary/aromatic N) is 2. The number of methoxy groups -OCH3 is 1. The van der Waals surface area contributed by atoms with E-state index in [2.05, 4.69) is 10.4 Å². The summed E-state index contributed by atoms with van der Waals surface area (Å²) in [5.74, 6) is 1.60. The number of hydrogen-bond donors (Lipinski definition) is 1. The van der Waals surface area contributed by atoms with Gasteiger partial charge in [0.05, 0.1) is 19.5 Å². The second-order valence-electron chi connectivity index (χ2n) is 5.23. The summed E-state index contributed by atoms with van der Waals surface area (Å²) < 4.78 is 13.2. The van der Waals surface area contributed by atoms with Gasteiger partial charge in [0.1, 0.15) is 17.5 Å². The molecule has 0 radical (unpaired) electrons. The van der Waals surface area contributed by atoms with Crippen molar-refractivity contribution in [3.05, 3.63) is 36.7 Å². The van der Waals surface area contributed by atoms with Crippen molar-refractivity contribution in [3.63, 3.8) is 0 Å². The normalized spacial score (nSPS) is 19.0. The van der Waals surface area contributed by atoms with E-state index >= 15 is 0 Å². The Morgan fingerprint density at radius 1 is 1.29 bits per heavy atom. The fourth-order valence-corrected chi connectivity index (χ4v) is 2.60. The second kappa shape index (κ2) is 6.63. The van der Waals surface area contributed by atoms with Gasteiger partial charge in [-0.05, 0) is 37.9 Å². The summed E-state index contributed by atoms with van der Waals surface area (Å²) in [7, 11) is 1.66. The highest BCUT2D eigenvalue weighted by Gasteiger charge is 2.15. The Bertz CT molecular complexity index is 574. The summed E-state index contributed by atoms with van der Waals surface area (Å²) in [4.78, 5) is 0. The van der Waals surface area contributed by atoms with Crippen molar-refractivity contribution >= 4 is 0 Å². The van der Waals surface area contributed by atoms with Gasteiger partial charge in [-0.15, -0.1) is 0 Å². The van der Waals surface area contributed by atoms with E-state index in [1.54, 1.807) is 18.0 Å². The third kappa shape index (κ3) is 3.36. The van der Waals surface area contributed by atoms with Gasteiger partial charge in [0.25, 0.3) is 0 Å². The van der Waals surface area contributed by atoms with E-state index in [0.717, 1.165) is 36.7 Å². The van der Waals surface area contributed by atoms with Crippen LogP contribution in [-0.4, -0.2) is 36.1 Å². The first-order valence-corrected chi connectivity index (χ1v) is 7.42. The monoisotopic (exact) mass is 287 g/mol. The molecule has 0 spiro atoms. The van der Waals surface area contributed by atoms with Crippen LogP contribution >= 0.6 is 0 Å². The Balaban J connectivity index is 1.73. The number of ether oxygens (including phenoxy) is 2. The molecule has 1 aromatic carbocycles. The second-order valence-corrected chi connectivity index (χ2v) is 5.23. The quantitative estimate of drug-likeness (QED) is 0.938. The van der Waals surface area contributed by atoms with Crippen LogP contribution in [0.2, 0.25) is 0 Å². The zero-order valence-corrected chi connectivity index (χ0v) is 12.3. The lowest BCUT2D eigenvalue weighted by Crippen LogP contribution is -2.29. The van der Waals surface area contributed by atoms with Crippen LogP contribution in [0.3, 0.4) is 0 Å². The van der Waals surface area contributed by atoms with Crippen molar-refractivity contribution < 1.29 is 9.47 Å². The number of aromatic nitrogens is 2. The molecule has 0 aliphatic carbocycles. The molecule has 1 aliphatic rings. The topological polar surface area (TPSA) is 48.3 Å². The molecule has 1 N–H and O–H groups in total. The van der Waals surface area contributed by atoms with Gasteiger partial charge in [0, 0.05) is 6.54 Å². The third-order valence-corrected chi connectivity index (χ3v) is 3.70. The average molecular weight is 287 g/mol. The number of benzene rings is 1. The van der Waals surface area contributed by atoms with Gasteiger partial charge in [0.15, 0.2) is 5.75 Å². The molecular weight excluding hydrogens is 266 g/mol. The van der Waals surface area contributed by atoms with E-state index in [1.807, 2.05) is 30.5 Å². The van der Waals surface area contributed by atoms with Gasteiger partial charge in [-0.2, -0.15) is 5.10 Å². The predicted octanol–water partition coefficient (Wildman–Crippen LogP) is 2.40. The minimum absolute atomic E-state index is 0.225. The molecule has 2 aromatic rings. The minimum Gasteiger partial charge on any atom is -0.494 e. The smallest absolute Gasteiger partial charge is 0.158 e. The molecule has 1 fully saturated rings. The Hall–Kier alpha value is -2.01. The fraction of sp³-hybridized carbons (Fsp3) is 0.438. The molecule has 1 aromatic heterocycles. The lowest BCUT2D eigenvalue weighted by atomic mass is 10.2. The molecule has 0 amide bonds. The summed E-state index contributed by atoms with van der Waals surface area (Å²) in [6.07, 6.45) is 7.41. The SMILES string of the molecule is COc1ccccc1-n1cc(OC2CCCCNC2)cn1. The summed E-state index contributed by atoms with van der Waals surface area (Å²) in [5, 5.41) is 7.78. The summed E-state index contributed by atoms with van der Waals surface area (Å²) in [6, 6.07) is 7.81. The van der Waals surface area contributed by atoms with Crippen LogP contribution in [0, 0.1) is 0 Å². The van der Waals surface area contributed by atoms with Gasteiger partial charge < -0.3 is 14.8 Å². The van der Waals surface area contributed by atoms with E-state index in [-0.39, 0.29) is 6.10 Å². The predicted molar refractivity (Wildman–Crippen MR) is 81.3 cm³/mol. The van der Waals surface area contributed by atoms with Crippen molar-refractivity contribution in [3.8, 4) is 17.2 Å². The Kier molecular flexibility index (Phi) is 4.40. The lowest BCUT2D eigenvalue weighted by Gasteiger charge is -2.15. The molecular formula is C16H21N3O2. The van der Waals surface area contributed by atoms with Gasteiger partial charge in [-0.1, -0.05) is 12.1 Å². The van der Waals surface area contributed by atoms with Gasteiger partial charge in [-0.3, -0.25) is 0 Å². The van der Waals surface area contributed by atoms with Crippen LogP contribution in [0.1, 0.15) is 19.3 Å². The molecule has 1 saturated heterocycles. The molecule has 5 nitrogen and oxygen atoms in total. The van der Waals surface area contributed by atoms with Crippen LogP contribution in [0.5, 0.6) is 11.5 Å². The fourth-order valence-electron chi connectivity index (χ4n) is 2.60. The van der Waals surface area contributed by atoms with Crippen molar-refractivity contribution in [2.75, 3.05) is 20.2 Å². The van der Waals surface area contributed by atoms with E-state index < -0.39 is 0 Å². The van der Waals surface area contributed by atoms with Gasteiger partial charge >= 0.3 is 0 Å². The van der Waals surface area contributed by atoms with Crippen LogP contribution in [0.25, 0.3) is 5.69 Å². The Morgan fingerprint density at radius 3 is 3.10 bits per heavy atom. The maximum atomic E-state index is 6.02. The highest BCUT2D eigenvalue weighted by molar-refractivity contribution is 5.46. The summed E-state index contributed by atoms with van der Waals surface area (Å²) >= 11 is 0. The highest BCUT2D eigenvalue weighted by atomic mass is 16.5. The van der Waals surface area contributed by atoms with Crippen LogP contribution < -0.4 is 14.8 Å². The van der Waals surface area contributed by atoms with Crippen LogP contribution in [0.4, 0.5) is 0 Å². The first kappa shape index (κ1) is 13.9. The lowest BCUT2D eigenvalue weighted by molar-refractivity contribution is 0.194. The molecule has 3 rings (SSSR count). The maximum absolute atomic E-state index is 6.02. The molecule has 2 heterocycles. The zero-order chi connectivity index (χ0) is 14.5. The largest absolute Gasteiger partial charge is 0.494 e. The first-order valence-electron chi connectivity index (χ1n) is 7.42. The van der Waals surface area contributed by atoms with Gasteiger partial charge in [0.2, 0.25) is 0 Å². The van der Waals surface area contributed by atoms with E-state index in [0.29, 0.717) is 0 Å². The highest BCUT2D eigenvalue weighted by Crippen LogP contribution is 2.24. The minimum atomic E-state index is 0.225. The van der Waals surface area contributed by atoms with E-state index in [4.69, 9.17) is 9.47 Å². The molecule has 0 bridgehead atoms. The zero-order valence-electron chi connectivity index (χ0n) is 12.3. The van der Waals surface area contributed by atoms with E-state index in [9.17, 15) is 0 Å². The number of rotatable bonds is 4. The standard InChI is InChI=1S/C16H21N3O2/c1-20-16-8-3-2-7-15(16)19-12-14(11-18-19)21-13-6-4-5-9-17-10-13/h2-3,7-8,11-13,17H,4-6,9-10H2,1H3. The molecule has 1 unspecified atom stereocenters. The average Bonchev–Trinajstić information content (AvgIpc) is 2.83.